The minimum Gasteiger partial charge on any atom is -0.335 e. The van der Waals surface area contributed by atoms with Crippen LogP contribution < -0.4 is 0 Å². The van der Waals surface area contributed by atoms with Gasteiger partial charge in [0, 0.05) is 30.9 Å². The molecule has 1 amide bonds. The normalized spacial score (nSPS) is 20.9. The SMILES string of the molecule is O=C(CCc1ccc(S(=O)(=O)N2CCCCCC2)cc1)N1CCCC1c1cccs1. The smallest absolute Gasteiger partial charge is 0.243 e. The van der Waals surface area contributed by atoms with Gasteiger partial charge < -0.3 is 4.90 Å². The third-order valence-electron chi connectivity index (χ3n) is 6.20. The quantitative estimate of drug-likeness (QED) is 0.651. The molecule has 0 radical (unpaired) electrons. The van der Waals surface area contributed by atoms with Gasteiger partial charge in [-0.05, 0) is 61.2 Å². The Bertz CT molecular complexity index is 931. The van der Waals surface area contributed by atoms with E-state index in [2.05, 4.69) is 11.4 Å². The minimum absolute atomic E-state index is 0.187. The number of aryl methyl sites for hydroxylation is 1. The highest BCUT2D eigenvalue weighted by atomic mass is 32.2. The summed E-state index contributed by atoms with van der Waals surface area (Å²) in [5.74, 6) is 0.187. The number of carbonyl (C=O) groups excluding carboxylic acids is 1. The van der Waals surface area contributed by atoms with Gasteiger partial charge in [-0.15, -0.1) is 11.3 Å². The van der Waals surface area contributed by atoms with E-state index in [4.69, 9.17) is 0 Å². The van der Waals surface area contributed by atoms with Crippen LogP contribution in [0.1, 0.15) is 61.4 Å². The summed E-state index contributed by atoms with van der Waals surface area (Å²) in [6.45, 7) is 2.05. The Hall–Kier alpha value is -1.70. The van der Waals surface area contributed by atoms with Crippen molar-refractivity contribution in [1.29, 1.82) is 0 Å². The van der Waals surface area contributed by atoms with Crippen molar-refractivity contribution in [2.75, 3.05) is 19.6 Å². The van der Waals surface area contributed by atoms with Crippen LogP contribution in [0.3, 0.4) is 0 Å². The van der Waals surface area contributed by atoms with Gasteiger partial charge in [-0.25, -0.2) is 8.42 Å². The van der Waals surface area contributed by atoms with E-state index in [-0.39, 0.29) is 11.9 Å². The largest absolute Gasteiger partial charge is 0.335 e. The van der Waals surface area contributed by atoms with Gasteiger partial charge in [0.15, 0.2) is 0 Å². The number of hydrogen-bond donors (Lipinski definition) is 0. The second-order valence-corrected chi connectivity index (χ2v) is 11.1. The lowest BCUT2D eigenvalue weighted by molar-refractivity contribution is -0.132. The summed E-state index contributed by atoms with van der Waals surface area (Å²) in [5, 5.41) is 2.07. The fraction of sp³-hybridized carbons (Fsp3) is 0.522. The number of likely N-dealkylation sites (tertiary alicyclic amines) is 1. The molecule has 162 valence electrons. The molecule has 7 heteroatoms. The molecule has 2 aliphatic rings. The molecule has 0 saturated carbocycles. The highest BCUT2D eigenvalue weighted by Gasteiger charge is 2.30. The van der Waals surface area contributed by atoms with E-state index in [9.17, 15) is 13.2 Å². The van der Waals surface area contributed by atoms with Crippen molar-refractivity contribution in [1.82, 2.24) is 9.21 Å². The molecule has 4 rings (SSSR count). The number of carbonyl (C=O) groups is 1. The minimum atomic E-state index is -3.42. The molecule has 2 saturated heterocycles. The molecular weight excluding hydrogens is 416 g/mol. The Morgan fingerprint density at radius 1 is 0.967 bits per heavy atom. The molecule has 2 fully saturated rings. The summed E-state index contributed by atoms with van der Waals surface area (Å²) in [4.78, 5) is 16.5. The van der Waals surface area contributed by atoms with Gasteiger partial charge in [0.25, 0.3) is 0 Å². The lowest BCUT2D eigenvalue weighted by Crippen LogP contribution is -2.32. The molecule has 5 nitrogen and oxygen atoms in total. The third-order valence-corrected chi connectivity index (χ3v) is 9.08. The highest BCUT2D eigenvalue weighted by molar-refractivity contribution is 7.89. The Balaban J connectivity index is 1.36. The number of hydrogen-bond acceptors (Lipinski definition) is 4. The molecule has 3 heterocycles. The molecule has 0 bridgehead atoms. The van der Waals surface area contributed by atoms with Crippen molar-refractivity contribution in [3.63, 3.8) is 0 Å². The van der Waals surface area contributed by atoms with E-state index >= 15 is 0 Å². The van der Waals surface area contributed by atoms with Gasteiger partial charge in [0.1, 0.15) is 0 Å². The molecule has 0 aliphatic carbocycles. The van der Waals surface area contributed by atoms with E-state index in [0.717, 1.165) is 50.6 Å². The van der Waals surface area contributed by atoms with Crippen LogP contribution in [0, 0.1) is 0 Å². The van der Waals surface area contributed by atoms with E-state index in [0.29, 0.717) is 30.8 Å². The van der Waals surface area contributed by atoms with Crippen molar-refractivity contribution in [2.45, 2.75) is 62.3 Å². The number of rotatable bonds is 6. The first-order valence-electron chi connectivity index (χ1n) is 11.0. The first-order chi connectivity index (χ1) is 14.6. The number of amides is 1. The Kier molecular flexibility index (Phi) is 6.91. The van der Waals surface area contributed by atoms with Crippen molar-refractivity contribution in [2.24, 2.45) is 0 Å². The van der Waals surface area contributed by atoms with Crippen LogP contribution in [0.25, 0.3) is 0 Å². The van der Waals surface area contributed by atoms with Crippen LogP contribution in [0.5, 0.6) is 0 Å². The van der Waals surface area contributed by atoms with Crippen LogP contribution >= 0.6 is 11.3 Å². The van der Waals surface area contributed by atoms with Crippen LogP contribution in [-0.4, -0.2) is 43.2 Å². The van der Waals surface area contributed by atoms with Gasteiger partial charge in [-0.3, -0.25) is 4.79 Å². The molecule has 1 atom stereocenters. The molecule has 30 heavy (non-hydrogen) atoms. The summed E-state index contributed by atoms with van der Waals surface area (Å²) in [6.07, 6.45) is 7.25. The van der Waals surface area contributed by atoms with Crippen LogP contribution in [0.15, 0.2) is 46.7 Å². The molecule has 2 aromatic rings. The van der Waals surface area contributed by atoms with Gasteiger partial charge in [-0.2, -0.15) is 4.31 Å². The zero-order valence-corrected chi connectivity index (χ0v) is 19.0. The van der Waals surface area contributed by atoms with E-state index in [1.807, 2.05) is 23.1 Å². The maximum Gasteiger partial charge on any atom is 0.243 e. The summed E-state index contributed by atoms with van der Waals surface area (Å²) in [5.41, 5.74) is 1.00. The van der Waals surface area contributed by atoms with Crippen LogP contribution in [0.2, 0.25) is 0 Å². The van der Waals surface area contributed by atoms with E-state index in [1.54, 1.807) is 27.8 Å². The number of benzene rings is 1. The Morgan fingerprint density at radius 2 is 1.70 bits per heavy atom. The Morgan fingerprint density at radius 3 is 2.37 bits per heavy atom. The molecular formula is C23H30N2O3S2. The Labute approximate surface area is 183 Å². The van der Waals surface area contributed by atoms with Gasteiger partial charge in [0.2, 0.25) is 15.9 Å². The fourth-order valence-electron chi connectivity index (χ4n) is 4.50. The summed E-state index contributed by atoms with van der Waals surface area (Å²) < 4.78 is 27.4. The first kappa shape index (κ1) is 21.5. The van der Waals surface area contributed by atoms with Crippen molar-refractivity contribution in [3.8, 4) is 0 Å². The fourth-order valence-corrected chi connectivity index (χ4v) is 6.89. The summed E-state index contributed by atoms with van der Waals surface area (Å²) >= 11 is 1.72. The van der Waals surface area contributed by atoms with Crippen LogP contribution in [0.4, 0.5) is 0 Å². The maximum atomic E-state index is 12.9. The average molecular weight is 447 g/mol. The third kappa shape index (κ3) is 4.79. The van der Waals surface area contributed by atoms with Crippen molar-refractivity contribution in [3.05, 3.63) is 52.2 Å². The van der Waals surface area contributed by atoms with Crippen LogP contribution in [-0.2, 0) is 21.2 Å². The zero-order valence-electron chi connectivity index (χ0n) is 17.3. The second-order valence-electron chi connectivity index (χ2n) is 8.22. The lowest BCUT2D eigenvalue weighted by Gasteiger charge is -2.24. The number of thiophene rings is 1. The molecule has 2 aliphatic heterocycles. The summed E-state index contributed by atoms with van der Waals surface area (Å²) in [7, 11) is -3.42. The van der Waals surface area contributed by atoms with Crippen molar-refractivity contribution < 1.29 is 13.2 Å². The topological polar surface area (TPSA) is 57.7 Å². The maximum absolute atomic E-state index is 12.9. The number of sulfonamides is 1. The van der Waals surface area contributed by atoms with Gasteiger partial charge in [0.05, 0.1) is 10.9 Å². The second kappa shape index (κ2) is 9.62. The first-order valence-corrected chi connectivity index (χ1v) is 13.3. The molecule has 1 unspecified atom stereocenters. The molecule has 1 aromatic heterocycles. The van der Waals surface area contributed by atoms with E-state index < -0.39 is 10.0 Å². The number of nitrogens with zero attached hydrogens (tertiary/aromatic N) is 2. The molecule has 1 aromatic carbocycles. The standard InChI is InChI=1S/C23H30N2O3S2/c26-23(25-17-5-7-21(25)22-8-6-18-29-22)14-11-19-9-12-20(13-10-19)30(27,28)24-15-3-1-2-4-16-24/h6,8-10,12-13,18,21H,1-5,7,11,14-17H2. The zero-order chi connectivity index (χ0) is 21.0. The van der Waals surface area contributed by atoms with E-state index in [1.165, 1.54) is 4.88 Å². The monoisotopic (exact) mass is 446 g/mol. The predicted octanol–water partition coefficient (Wildman–Crippen LogP) is 4.61. The lowest BCUT2D eigenvalue weighted by atomic mass is 10.1. The van der Waals surface area contributed by atoms with Gasteiger partial charge in [-0.1, -0.05) is 31.0 Å². The highest BCUT2D eigenvalue weighted by Crippen LogP contribution is 2.35. The predicted molar refractivity (Wildman–Crippen MR) is 120 cm³/mol. The average Bonchev–Trinajstić information content (AvgIpc) is 3.38. The summed E-state index contributed by atoms with van der Waals surface area (Å²) in [6, 6.07) is 11.5. The molecule has 0 N–H and O–H groups in total. The van der Waals surface area contributed by atoms with Gasteiger partial charge >= 0.3 is 0 Å². The molecule has 0 spiro atoms. The van der Waals surface area contributed by atoms with Crippen molar-refractivity contribution >= 4 is 27.3 Å².